The molecule has 0 N–H and O–H groups in total. The van der Waals surface area contributed by atoms with Gasteiger partial charge in [-0.15, -0.1) is 11.3 Å². The molecule has 0 amide bonds. The van der Waals surface area contributed by atoms with E-state index in [2.05, 4.69) is 52.5 Å². The summed E-state index contributed by atoms with van der Waals surface area (Å²) in [4.78, 5) is 0.734. The minimum absolute atomic E-state index is 0.498. The molecule has 0 radical (unpaired) electrons. The number of thiophene rings is 1. The molecule has 0 nitrogen and oxygen atoms in total. The van der Waals surface area contributed by atoms with Gasteiger partial charge < -0.3 is 0 Å². The molecule has 2 unspecified atom stereocenters. The number of rotatable bonds is 2. The van der Waals surface area contributed by atoms with Crippen molar-refractivity contribution in [1.29, 1.82) is 0 Å². The number of fused-ring (bicyclic) bond motifs is 1. The summed E-state index contributed by atoms with van der Waals surface area (Å²) < 4.78 is 1.43. The lowest BCUT2D eigenvalue weighted by Gasteiger charge is -2.23. The van der Waals surface area contributed by atoms with Gasteiger partial charge in [-0.3, -0.25) is 0 Å². The molecular formula is C15H17BrS. The topological polar surface area (TPSA) is 0 Å². The van der Waals surface area contributed by atoms with Crippen LogP contribution in [-0.4, -0.2) is 4.83 Å². The van der Waals surface area contributed by atoms with Gasteiger partial charge in [0.25, 0.3) is 0 Å². The molecule has 2 aromatic rings. The largest absolute Gasteiger partial charge is 0.144 e. The molecule has 1 aliphatic rings. The monoisotopic (exact) mass is 308 g/mol. The molecule has 2 atom stereocenters. The molecule has 1 aromatic carbocycles. The van der Waals surface area contributed by atoms with E-state index >= 15 is 0 Å². The van der Waals surface area contributed by atoms with Crippen molar-refractivity contribution in [3.8, 4) is 0 Å². The summed E-state index contributed by atoms with van der Waals surface area (Å²) in [6.07, 6.45) is 5.24. The fourth-order valence-electron chi connectivity index (χ4n) is 3.03. The van der Waals surface area contributed by atoms with Crippen molar-refractivity contribution >= 4 is 37.4 Å². The number of halogens is 1. The van der Waals surface area contributed by atoms with Crippen LogP contribution in [0.4, 0.5) is 0 Å². The first-order valence-electron chi connectivity index (χ1n) is 6.25. The molecule has 1 aliphatic carbocycles. The van der Waals surface area contributed by atoms with Gasteiger partial charge in [0.05, 0.1) is 0 Å². The van der Waals surface area contributed by atoms with Gasteiger partial charge in [-0.1, -0.05) is 41.1 Å². The zero-order valence-electron chi connectivity index (χ0n) is 10.1. The second-order valence-corrected chi connectivity index (χ2v) is 7.79. The zero-order chi connectivity index (χ0) is 11.9. The van der Waals surface area contributed by atoms with Crippen molar-refractivity contribution in [2.24, 2.45) is 5.41 Å². The second kappa shape index (κ2) is 4.40. The van der Waals surface area contributed by atoms with E-state index in [-0.39, 0.29) is 0 Å². The summed E-state index contributed by atoms with van der Waals surface area (Å²) in [7, 11) is 0. The third kappa shape index (κ3) is 2.30. The fraction of sp³-hybridized carbons (Fsp3) is 0.467. The Kier molecular flexibility index (Phi) is 3.04. The van der Waals surface area contributed by atoms with E-state index in [0.717, 1.165) is 4.83 Å². The van der Waals surface area contributed by atoms with Crippen molar-refractivity contribution < 1.29 is 0 Å². The minimum atomic E-state index is 0.498. The molecule has 90 valence electrons. The van der Waals surface area contributed by atoms with Gasteiger partial charge in [-0.25, -0.2) is 0 Å². The molecular weight excluding hydrogens is 292 g/mol. The molecule has 1 saturated carbocycles. The number of benzene rings is 1. The quantitative estimate of drug-likeness (QED) is 0.652. The summed E-state index contributed by atoms with van der Waals surface area (Å²) in [6, 6.07) is 8.79. The van der Waals surface area contributed by atoms with Gasteiger partial charge in [0.15, 0.2) is 0 Å². The highest BCUT2D eigenvalue weighted by molar-refractivity contribution is 9.09. The van der Waals surface area contributed by atoms with E-state index in [4.69, 9.17) is 0 Å². The van der Waals surface area contributed by atoms with Crippen molar-refractivity contribution in [2.45, 2.75) is 37.4 Å². The van der Waals surface area contributed by atoms with Crippen LogP contribution >= 0.6 is 27.3 Å². The lowest BCUT2D eigenvalue weighted by molar-refractivity contribution is 0.337. The molecule has 2 heteroatoms. The lowest BCUT2D eigenvalue weighted by Crippen LogP contribution is -2.15. The summed E-state index contributed by atoms with van der Waals surface area (Å²) in [5, 5.41) is 3.83. The predicted molar refractivity (Wildman–Crippen MR) is 80.2 cm³/mol. The van der Waals surface area contributed by atoms with Gasteiger partial charge in [0, 0.05) is 9.53 Å². The Morgan fingerprint density at radius 1 is 1.41 bits per heavy atom. The average Bonchev–Trinajstić information content (AvgIpc) is 2.85. The van der Waals surface area contributed by atoms with Crippen LogP contribution in [0.3, 0.4) is 0 Å². The number of alkyl halides is 1. The first-order chi connectivity index (χ1) is 8.16. The number of hydrogen-bond donors (Lipinski definition) is 0. The molecule has 0 bridgehead atoms. The second-order valence-electron chi connectivity index (χ2n) is 5.58. The van der Waals surface area contributed by atoms with Crippen LogP contribution in [0.5, 0.6) is 0 Å². The normalized spacial score (nSPS) is 28.9. The molecule has 1 heterocycles. The van der Waals surface area contributed by atoms with Gasteiger partial charge in [-0.05, 0) is 53.5 Å². The molecule has 3 rings (SSSR count). The predicted octanol–water partition coefficient (Wildman–Crippen LogP) is 5.40. The van der Waals surface area contributed by atoms with Gasteiger partial charge in [-0.2, -0.15) is 0 Å². The highest BCUT2D eigenvalue weighted by Gasteiger charge is 2.34. The van der Waals surface area contributed by atoms with Crippen LogP contribution in [0.25, 0.3) is 10.1 Å². The minimum Gasteiger partial charge on any atom is -0.144 e. The summed E-state index contributed by atoms with van der Waals surface area (Å²) in [6.45, 7) is 2.45. The Morgan fingerprint density at radius 3 is 3.00 bits per heavy atom. The van der Waals surface area contributed by atoms with Crippen LogP contribution in [0.2, 0.25) is 0 Å². The first-order valence-corrected chi connectivity index (χ1v) is 8.05. The van der Waals surface area contributed by atoms with E-state index in [1.807, 2.05) is 11.3 Å². The van der Waals surface area contributed by atoms with Crippen LogP contribution < -0.4 is 0 Å². The fourth-order valence-corrected chi connectivity index (χ4v) is 5.01. The van der Waals surface area contributed by atoms with Crippen LogP contribution in [0, 0.1) is 5.41 Å². The Balaban J connectivity index is 1.90. The third-order valence-corrected chi connectivity index (χ3v) is 5.75. The van der Waals surface area contributed by atoms with Crippen molar-refractivity contribution in [1.82, 2.24) is 0 Å². The zero-order valence-corrected chi connectivity index (χ0v) is 12.5. The van der Waals surface area contributed by atoms with Crippen LogP contribution in [0.1, 0.15) is 31.7 Å². The Hall–Kier alpha value is -0.340. The Morgan fingerprint density at radius 2 is 2.24 bits per heavy atom. The SMILES string of the molecule is CC1(Cc2csc3ccccc23)CCC(Br)C1. The molecule has 1 fully saturated rings. The standard InChI is InChI=1S/C15H17BrS/c1-15(7-6-12(16)9-15)8-11-10-17-14-5-3-2-4-13(11)14/h2-5,10,12H,6-9H2,1H3. The van der Waals surface area contributed by atoms with Crippen LogP contribution in [0.15, 0.2) is 29.6 Å². The van der Waals surface area contributed by atoms with Crippen molar-refractivity contribution in [3.63, 3.8) is 0 Å². The van der Waals surface area contributed by atoms with Gasteiger partial charge in [0.1, 0.15) is 0 Å². The highest BCUT2D eigenvalue weighted by Crippen LogP contribution is 2.44. The molecule has 0 spiro atoms. The van der Waals surface area contributed by atoms with E-state index in [1.165, 1.54) is 35.8 Å². The van der Waals surface area contributed by atoms with E-state index < -0.39 is 0 Å². The molecule has 0 aliphatic heterocycles. The summed E-state index contributed by atoms with van der Waals surface area (Å²) in [5.41, 5.74) is 2.05. The highest BCUT2D eigenvalue weighted by atomic mass is 79.9. The Bertz CT molecular complexity index is 530. The van der Waals surface area contributed by atoms with E-state index in [1.54, 1.807) is 5.56 Å². The van der Waals surface area contributed by atoms with Gasteiger partial charge >= 0.3 is 0 Å². The smallest absolute Gasteiger partial charge is 0.0345 e. The number of hydrogen-bond acceptors (Lipinski definition) is 1. The maximum Gasteiger partial charge on any atom is 0.0345 e. The molecule has 0 saturated heterocycles. The maximum absolute atomic E-state index is 3.77. The lowest BCUT2D eigenvalue weighted by atomic mass is 9.82. The molecule has 1 aromatic heterocycles. The first kappa shape index (κ1) is 11.7. The maximum atomic E-state index is 3.77. The van der Waals surface area contributed by atoms with Crippen molar-refractivity contribution in [2.75, 3.05) is 0 Å². The Labute approximate surface area is 115 Å². The average molecular weight is 309 g/mol. The van der Waals surface area contributed by atoms with Crippen LogP contribution in [-0.2, 0) is 6.42 Å². The summed E-state index contributed by atoms with van der Waals surface area (Å²) in [5.74, 6) is 0. The third-order valence-electron chi connectivity index (χ3n) is 3.95. The van der Waals surface area contributed by atoms with Gasteiger partial charge in [0.2, 0.25) is 0 Å². The van der Waals surface area contributed by atoms with Crippen molar-refractivity contribution in [3.05, 3.63) is 35.2 Å². The molecule has 17 heavy (non-hydrogen) atoms. The van der Waals surface area contributed by atoms with E-state index in [9.17, 15) is 0 Å². The summed E-state index contributed by atoms with van der Waals surface area (Å²) >= 11 is 5.66. The van der Waals surface area contributed by atoms with E-state index in [0.29, 0.717) is 5.41 Å².